The number of aromatic nitrogens is 1. The Hall–Kier alpha value is -2.78. The van der Waals surface area contributed by atoms with E-state index in [-0.39, 0.29) is 16.1 Å². The Morgan fingerprint density at radius 2 is 1.76 bits per heavy atom. The zero-order valence-electron chi connectivity index (χ0n) is 15.3. The molecule has 0 fully saturated rings. The lowest BCUT2D eigenvalue weighted by Gasteiger charge is -2.12. The van der Waals surface area contributed by atoms with Crippen molar-refractivity contribution < 1.29 is 17.6 Å². The number of carbonyl (C=O) groups is 1. The highest BCUT2D eigenvalue weighted by Gasteiger charge is 2.21. The minimum atomic E-state index is -3.97. The zero-order chi connectivity index (χ0) is 20.4. The fraction of sp³-hybridized carbons (Fsp3) is 0.200. The van der Waals surface area contributed by atoms with Crippen LogP contribution in [0, 0.1) is 5.82 Å². The molecular formula is C20H18FN3O3S2. The summed E-state index contributed by atoms with van der Waals surface area (Å²) < 4.78 is 40.7. The maximum atomic E-state index is 13.1. The molecule has 0 radical (unpaired) electrons. The van der Waals surface area contributed by atoms with Gasteiger partial charge in [-0.25, -0.2) is 17.8 Å². The van der Waals surface area contributed by atoms with E-state index in [0.29, 0.717) is 5.13 Å². The summed E-state index contributed by atoms with van der Waals surface area (Å²) in [5, 5.41) is 3.29. The van der Waals surface area contributed by atoms with E-state index >= 15 is 0 Å². The van der Waals surface area contributed by atoms with Crippen LogP contribution >= 0.6 is 11.3 Å². The third-order valence-electron chi connectivity index (χ3n) is 4.61. The minimum Gasteiger partial charge on any atom is -0.298 e. The highest BCUT2D eigenvalue weighted by Crippen LogP contribution is 2.30. The van der Waals surface area contributed by atoms with Crippen LogP contribution in [0.4, 0.5) is 15.2 Å². The van der Waals surface area contributed by atoms with E-state index in [9.17, 15) is 17.6 Å². The van der Waals surface area contributed by atoms with Crippen LogP contribution in [0.3, 0.4) is 0 Å². The lowest BCUT2D eigenvalue weighted by Crippen LogP contribution is -2.18. The molecule has 0 saturated carbocycles. The molecule has 29 heavy (non-hydrogen) atoms. The number of aryl methyl sites for hydroxylation is 2. The van der Waals surface area contributed by atoms with Crippen molar-refractivity contribution in [2.45, 2.75) is 30.6 Å². The molecule has 6 nitrogen and oxygen atoms in total. The van der Waals surface area contributed by atoms with E-state index in [0.717, 1.165) is 43.5 Å². The first-order valence-corrected chi connectivity index (χ1v) is 11.4. The van der Waals surface area contributed by atoms with Crippen molar-refractivity contribution >= 4 is 38.1 Å². The highest BCUT2D eigenvalue weighted by atomic mass is 32.2. The smallest absolute Gasteiger partial charge is 0.261 e. The van der Waals surface area contributed by atoms with Gasteiger partial charge in [0.25, 0.3) is 15.9 Å². The summed E-state index contributed by atoms with van der Waals surface area (Å²) in [5.74, 6) is -0.983. The van der Waals surface area contributed by atoms with Crippen molar-refractivity contribution in [1.82, 2.24) is 4.98 Å². The topological polar surface area (TPSA) is 88.2 Å². The van der Waals surface area contributed by atoms with Crippen molar-refractivity contribution in [2.24, 2.45) is 0 Å². The molecule has 1 heterocycles. The number of nitrogens with zero attached hydrogens (tertiary/aromatic N) is 1. The number of hydrogen-bond acceptors (Lipinski definition) is 5. The monoisotopic (exact) mass is 431 g/mol. The van der Waals surface area contributed by atoms with Gasteiger partial charge in [0.05, 0.1) is 21.8 Å². The average molecular weight is 432 g/mol. The number of hydrogen-bond donors (Lipinski definition) is 2. The van der Waals surface area contributed by atoms with Crippen molar-refractivity contribution in [3.8, 4) is 0 Å². The van der Waals surface area contributed by atoms with Crippen LogP contribution in [0.2, 0.25) is 0 Å². The quantitative estimate of drug-likeness (QED) is 0.633. The average Bonchev–Trinajstić information content (AvgIpc) is 3.10. The summed E-state index contributed by atoms with van der Waals surface area (Å²) in [6.07, 6.45) is 4.10. The molecule has 3 aromatic rings. The number of fused-ring (bicyclic) bond motifs is 1. The van der Waals surface area contributed by atoms with Crippen molar-refractivity contribution in [3.63, 3.8) is 0 Å². The second kappa shape index (κ2) is 7.92. The number of halogens is 1. The first kappa shape index (κ1) is 19.5. The van der Waals surface area contributed by atoms with E-state index in [1.54, 1.807) is 12.1 Å². The van der Waals surface area contributed by atoms with E-state index < -0.39 is 21.7 Å². The first-order valence-electron chi connectivity index (χ1n) is 9.10. The number of benzene rings is 2. The summed E-state index contributed by atoms with van der Waals surface area (Å²) in [5.41, 5.74) is 1.34. The Labute approximate surface area is 171 Å². The fourth-order valence-corrected chi connectivity index (χ4v) is 5.28. The van der Waals surface area contributed by atoms with Gasteiger partial charge >= 0.3 is 0 Å². The summed E-state index contributed by atoms with van der Waals surface area (Å²) in [6.45, 7) is 0. The number of para-hydroxylation sites is 1. The predicted molar refractivity (Wildman–Crippen MR) is 110 cm³/mol. The van der Waals surface area contributed by atoms with Gasteiger partial charge in [-0.2, -0.15) is 0 Å². The number of anilines is 2. The summed E-state index contributed by atoms with van der Waals surface area (Å²) in [7, 11) is -3.97. The Balaban J connectivity index is 1.57. The molecular weight excluding hydrogens is 413 g/mol. The van der Waals surface area contributed by atoms with Gasteiger partial charge in [0.1, 0.15) is 5.82 Å². The van der Waals surface area contributed by atoms with Crippen LogP contribution in [-0.2, 0) is 22.9 Å². The summed E-state index contributed by atoms with van der Waals surface area (Å²) >= 11 is 1.46. The van der Waals surface area contributed by atoms with E-state index in [1.165, 1.54) is 40.5 Å². The molecule has 0 spiro atoms. The van der Waals surface area contributed by atoms with Crippen LogP contribution in [0.1, 0.15) is 33.8 Å². The van der Waals surface area contributed by atoms with Gasteiger partial charge in [-0.3, -0.25) is 14.8 Å². The predicted octanol–water partition coefficient (Wildman–Crippen LogP) is 4.21. The lowest BCUT2D eigenvalue weighted by molar-refractivity contribution is 0.102. The van der Waals surface area contributed by atoms with Crippen molar-refractivity contribution in [2.75, 3.05) is 10.0 Å². The van der Waals surface area contributed by atoms with E-state index in [1.807, 2.05) is 0 Å². The van der Waals surface area contributed by atoms with Gasteiger partial charge in [-0.15, -0.1) is 11.3 Å². The van der Waals surface area contributed by atoms with Gasteiger partial charge in [0.2, 0.25) is 0 Å². The van der Waals surface area contributed by atoms with Crippen molar-refractivity contribution in [1.29, 1.82) is 0 Å². The summed E-state index contributed by atoms with van der Waals surface area (Å²) in [4.78, 5) is 18.4. The van der Waals surface area contributed by atoms with Gasteiger partial charge in [-0.05, 0) is 62.1 Å². The van der Waals surface area contributed by atoms with Crippen LogP contribution in [0.5, 0.6) is 0 Å². The molecule has 4 rings (SSSR count). The lowest BCUT2D eigenvalue weighted by atomic mass is 10.0. The maximum absolute atomic E-state index is 13.1. The molecule has 1 amide bonds. The zero-order valence-corrected chi connectivity index (χ0v) is 16.9. The fourth-order valence-electron chi connectivity index (χ4n) is 3.16. The largest absolute Gasteiger partial charge is 0.298 e. The molecule has 9 heteroatoms. The Bertz CT molecular complexity index is 1130. The Kier molecular flexibility index (Phi) is 5.33. The van der Waals surface area contributed by atoms with Crippen LogP contribution in [-0.4, -0.2) is 19.3 Å². The molecule has 2 N–H and O–H groups in total. The highest BCUT2D eigenvalue weighted by molar-refractivity contribution is 7.92. The van der Waals surface area contributed by atoms with Gasteiger partial charge in [0.15, 0.2) is 5.13 Å². The molecule has 0 bridgehead atoms. The van der Waals surface area contributed by atoms with Gasteiger partial charge < -0.3 is 0 Å². The standard InChI is InChI=1S/C20H18FN3O3S2/c21-13-9-11-14(12-10-13)29(26,27)24-16-6-2-1-5-15(16)19(25)23-20-22-17-7-3-4-8-18(17)28-20/h1-2,5-6,9-12,24H,3-4,7-8H2,(H,22,23,25). The molecule has 1 aliphatic rings. The van der Waals surface area contributed by atoms with Crippen molar-refractivity contribution in [3.05, 3.63) is 70.5 Å². The van der Waals surface area contributed by atoms with Crippen LogP contribution < -0.4 is 10.0 Å². The van der Waals surface area contributed by atoms with Gasteiger partial charge in [-0.1, -0.05) is 12.1 Å². The molecule has 1 aliphatic carbocycles. The second-order valence-corrected chi connectivity index (χ2v) is 9.42. The number of rotatable bonds is 5. The molecule has 0 aliphatic heterocycles. The third-order valence-corrected chi connectivity index (χ3v) is 7.06. The number of sulfonamides is 1. The number of carbonyl (C=O) groups excluding carboxylic acids is 1. The summed E-state index contributed by atoms with van der Waals surface area (Å²) in [6, 6.07) is 10.8. The van der Waals surface area contributed by atoms with Crippen LogP contribution in [0.15, 0.2) is 53.4 Å². The molecule has 0 saturated heterocycles. The Morgan fingerprint density at radius 3 is 2.52 bits per heavy atom. The molecule has 0 atom stereocenters. The molecule has 0 unspecified atom stereocenters. The molecule has 150 valence electrons. The van der Waals surface area contributed by atoms with Gasteiger partial charge in [0, 0.05) is 4.88 Å². The number of nitrogens with one attached hydrogen (secondary N) is 2. The first-order chi connectivity index (χ1) is 13.9. The Morgan fingerprint density at radius 1 is 1.03 bits per heavy atom. The molecule has 2 aromatic carbocycles. The van der Waals surface area contributed by atoms with E-state index in [4.69, 9.17) is 0 Å². The normalized spacial score (nSPS) is 13.6. The second-order valence-electron chi connectivity index (χ2n) is 6.66. The minimum absolute atomic E-state index is 0.0956. The SMILES string of the molecule is O=C(Nc1nc2c(s1)CCCC2)c1ccccc1NS(=O)(=O)c1ccc(F)cc1. The third kappa shape index (κ3) is 4.30. The molecule has 1 aromatic heterocycles. The number of amides is 1. The van der Waals surface area contributed by atoms with E-state index in [2.05, 4.69) is 15.0 Å². The maximum Gasteiger partial charge on any atom is 0.261 e. The number of thiazole rings is 1. The van der Waals surface area contributed by atoms with Crippen LogP contribution in [0.25, 0.3) is 0 Å².